The van der Waals surface area contributed by atoms with Crippen LogP contribution in [0.4, 0.5) is 0 Å². The van der Waals surface area contributed by atoms with Crippen LogP contribution in [0.25, 0.3) is 0 Å². The van der Waals surface area contributed by atoms with Gasteiger partial charge >= 0.3 is 0 Å². The second kappa shape index (κ2) is 6.36. The second-order valence-electron chi connectivity index (χ2n) is 4.07. The van der Waals surface area contributed by atoms with Crippen molar-refractivity contribution in [1.82, 2.24) is 5.32 Å². The lowest BCUT2D eigenvalue weighted by molar-refractivity contribution is -0.0529. The Bertz CT molecular complexity index is 336. The van der Waals surface area contributed by atoms with Crippen molar-refractivity contribution in [2.45, 2.75) is 25.7 Å². The van der Waals surface area contributed by atoms with E-state index in [0.29, 0.717) is 13.2 Å². The fraction of sp³-hybridized carbons (Fsp3) is 0.538. The van der Waals surface area contributed by atoms with Crippen molar-refractivity contribution >= 4 is 11.6 Å². The van der Waals surface area contributed by atoms with Crippen molar-refractivity contribution in [1.29, 1.82) is 0 Å². The maximum absolute atomic E-state index is 5.89. The second-order valence-corrected chi connectivity index (χ2v) is 4.51. The van der Waals surface area contributed by atoms with Gasteiger partial charge in [0.25, 0.3) is 0 Å². The molecule has 4 heteroatoms. The summed E-state index contributed by atoms with van der Waals surface area (Å²) in [5, 5.41) is 4.20. The van der Waals surface area contributed by atoms with Gasteiger partial charge in [0, 0.05) is 17.5 Å². The topological polar surface area (TPSA) is 30.5 Å². The zero-order valence-corrected chi connectivity index (χ0v) is 10.7. The molecule has 0 radical (unpaired) electrons. The third kappa shape index (κ3) is 3.68. The van der Waals surface area contributed by atoms with E-state index in [1.54, 1.807) is 0 Å². The molecule has 1 aromatic rings. The highest BCUT2D eigenvalue weighted by Crippen LogP contribution is 2.23. The summed E-state index contributed by atoms with van der Waals surface area (Å²) >= 11 is 5.89. The first-order valence-electron chi connectivity index (χ1n) is 6.01. The minimum absolute atomic E-state index is 0.0882. The maximum Gasteiger partial charge on any atom is 0.159 e. The molecule has 1 aliphatic heterocycles. The van der Waals surface area contributed by atoms with Gasteiger partial charge < -0.3 is 14.8 Å². The molecule has 1 N–H and O–H groups in total. The monoisotopic (exact) mass is 255 g/mol. The number of rotatable bonds is 5. The highest BCUT2D eigenvalue weighted by Gasteiger charge is 2.21. The van der Waals surface area contributed by atoms with Gasteiger partial charge in [-0.1, -0.05) is 30.7 Å². The predicted molar refractivity (Wildman–Crippen MR) is 68.2 cm³/mol. The van der Waals surface area contributed by atoms with Crippen molar-refractivity contribution in [2.24, 2.45) is 0 Å². The highest BCUT2D eigenvalue weighted by molar-refractivity contribution is 6.30. The molecule has 1 saturated heterocycles. The van der Waals surface area contributed by atoms with Crippen LogP contribution in [0.15, 0.2) is 24.3 Å². The third-order valence-electron chi connectivity index (χ3n) is 2.84. The molecule has 1 unspecified atom stereocenters. The van der Waals surface area contributed by atoms with Crippen LogP contribution in [0.3, 0.4) is 0 Å². The summed E-state index contributed by atoms with van der Waals surface area (Å²) in [6.45, 7) is 4.41. The number of halogens is 1. The number of hydrogen-bond donors (Lipinski definition) is 1. The van der Waals surface area contributed by atoms with Crippen molar-refractivity contribution in [3.05, 3.63) is 34.9 Å². The van der Waals surface area contributed by atoms with Crippen LogP contribution >= 0.6 is 11.6 Å². The number of nitrogens with one attached hydrogen (secondary N) is 1. The summed E-state index contributed by atoms with van der Waals surface area (Å²) in [6, 6.07) is 8.17. The molecule has 0 amide bonds. The summed E-state index contributed by atoms with van der Waals surface area (Å²) in [4.78, 5) is 0. The molecule has 1 atom stereocenters. The Morgan fingerprint density at radius 1 is 1.29 bits per heavy atom. The van der Waals surface area contributed by atoms with Crippen LogP contribution in [-0.2, 0) is 9.47 Å². The quantitative estimate of drug-likeness (QED) is 0.878. The minimum Gasteiger partial charge on any atom is -0.350 e. The first-order chi connectivity index (χ1) is 8.29. The molecule has 1 aromatic carbocycles. The Balaban J connectivity index is 2.02. The molecule has 0 aliphatic carbocycles. The number of benzene rings is 1. The van der Waals surface area contributed by atoms with Crippen LogP contribution in [0.5, 0.6) is 0 Å². The number of hydrogen-bond acceptors (Lipinski definition) is 3. The summed E-state index contributed by atoms with van der Waals surface area (Å²) in [7, 11) is 0. The summed E-state index contributed by atoms with van der Waals surface area (Å²) in [5.74, 6) is 0. The summed E-state index contributed by atoms with van der Waals surface area (Å²) in [5.41, 5.74) is 1.22. The highest BCUT2D eigenvalue weighted by atomic mass is 35.5. The molecule has 1 fully saturated rings. The Labute approximate surface area is 107 Å². The Morgan fingerprint density at radius 3 is 2.53 bits per heavy atom. The molecule has 3 nitrogen and oxygen atoms in total. The molecule has 0 aromatic heterocycles. The van der Waals surface area contributed by atoms with Crippen LogP contribution < -0.4 is 5.32 Å². The Kier molecular flexibility index (Phi) is 4.80. The molecular weight excluding hydrogens is 238 g/mol. The van der Waals surface area contributed by atoms with E-state index in [9.17, 15) is 0 Å². The average molecular weight is 256 g/mol. The molecule has 94 valence electrons. The standard InChI is InChI=1S/C13H18ClNO2/c1-2-15-12(9-13-16-7-8-17-13)10-3-5-11(14)6-4-10/h3-6,12-13,15H,2,7-9H2,1H3. The molecule has 1 heterocycles. The fourth-order valence-corrected chi connectivity index (χ4v) is 2.14. The zero-order valence-electron chi connectivity index (χ0n) is 9.99. The average Bonchev–Trinajstić information content (AvgIpc) is 2.82. The molecule has 0 bridgehead atoms. The normalized spacial score (nSPS) is 18.5. The van der Waals surface area contributed by atoms with Crippen molar-refractivity contribution in [2.75, 3.05) is 19.8 Å². The van der Waals surface area contributed by atoms with Gasteiger partial charge in [0.2, 0.25) is 0 Å². The van der Waals surface area contributed by atoms with Crippen molar-refractivity contribution in [3.63, 3.8) is 0 Å². The SMILES string of the molecule is CCNC(CC1OCCO1)c1ccc(Cl)cc1. The predicted octanol–water partition coefficient (Wildman–Crippen LogP) is 2.75. The van der Waals surface area contributed by atoms with E-state index in [-0.39, 0.29) is 12.3 Å². The van der Waals surface area contributed by atoms with E-state index in [0.717, 1.165) is 18.0 Å². The third-order valence-corrected chi connectivity index (χ3v) is 3.09. The van der Waals surface area contributed by atoms with Crippen LogP contribution in [0.1, 0.15) is 24.9 Å². The van der Waals surface area contributed by atoms with Gasteiger partial charge in [-0.2, -0.15) is 0 Å². The lowest BCUT2D eigenvalue weighted by Crippen LogP contribution is -2.25. The summed E-state index contributed by atoms with van der Waals surface area (Å²) in [6.07, 6.45) is 0.741. The van der Waals surface area contributed by atoms with E-state index in [1.165, 1.54) is 5.56 Å². The fourth-order valence-electron chi connectivity index (χ4n) is 2.01. The maximum atomic E-state index is 5.89. The van der Waals surface area contributed by atoms with Crippen molar-refractivity contribution in [3.8, 4) is 0 Å². The van der Waals surface area contributed by atoms with Crippen molar-refractivity contribution < 1.29 is 9.47 Å². The lowest BCUT2D eigenvalue weighted by Gasteiger charge is -2.21. The van der Waals surface area contributed by atoms with E-state index >= 15 is 0 Å². The Hall–Kier alpha value is -0.610. The Morgan fingerprint density at radius 2 is 1.94 bits per heavy atom. The molecular formula is C13H18ClNO2. The minimum atomic E-state index is -0.0882. The van der Waals surface area contributed by atoms with Crippen LogP contribution in [0.2, 0.25) is 5.02 Å². The van der Waals surface area contributed by atoms with Crippen LogP contribution in [0, 0.1) is 0 Å². The van der Waals surface area contributed by atoms with E-state index in [4.69, 9.17) is 21.1 Å². The molecule has 1 aliphatic rings. The molecule has 17 heavy (non-hydrogen) atoms. The van der Waals surface area contributed by atoms with Gasteiger partial charge in [-0.3, -0.25) is 0 Å². The van der Waals surface area contributed by atoms with Gasteiger partial charge in [0.05, 0.1) is 13.2 Å². The first kappa shape index (κ1) is 12.8. The zero-order chi connectivity index (χ0) is 12.1. The number of ether oxygens (including phenoxy) is 2. The van der Waals surface area contributed by atoms with E-state index in [1.807, 2.05) is 24.3 Å². The smallest absolute Gasteiger partial charge is 0.159 e. The molecule has 2 rings (SSSR count). The molecule has 0 spiro atoms. The largest absolute Gasteiger partial charge is 0.350 e. The van der Waals surface area contributed by atoms with Gasteiger partial charge in [-0.25, -0.2) is 0 Å². The first-order valence-corrected chi connectivity index (χ1v) is 6.39. The van der Waals surface area contributed by atoms with Gasteiger partial charge in [-0.15, -0.1) is 0 Å². The van der Waals surface area contributed by atoms with Crippen LogP contribution in [-0.4, -0.2) is 26.0 Å². The van der Waals surface area contributed by atoms with Gasteiger partial charge in [0.1, 0.15) is 0 Å². The summed E-state index contributed by atoms with van der Waals surface area (Å²) < 4.78 is 11.0. The van der Waals surface area contributed by atoms with E-state index < -0.39 is 0 Å². The van der Waals surface area contributed by atoms with E-state index in [2.05, 4.69) is 12.2 Å². The molecule has 0 saturated carbocycles. The lowest BCUT2D eigenvalue weighted by atomic mass is 10.0. The van der Waals surface area contributed by atoms with Gasteiger partial charge in [0.15, 0.2) is 6.29 Å². The van der Waals surface area contributed by atoms with Gasteiger partial charge in [-0.05, 0) is 24.2 Å².